The van der Waals surface area contributed by atoms with Gasteiger partial charge in [0.1, 0.15) is 12.6 Å². The molecule has 1 saturated heterocycles. The summed E-state index contributed by atoms with van der Waals surface area (Å²) < 4.78 is 40.8. The van der Waals surface area contributed by atoms with Crippen LogP contribution in [0.1, 0.15) is 0 Å². The Balaban J connectivity index is 2.56. The quantitative estimate of drug-likeness (QED) is 0.695. The van der Waals surface area contributed by atoms with E-state index in [-0.39, 0.29) is 11.6 Å². The maximum Gasteiger partial charge on any atom is 0.473 e. The average molecular weight is 281 g/mol. The fraction of sp³-hybridized carbons (Fsp3) is 0.444. The predicted molar refractivity (Wildman–Crippen MR) is 54.4 cm³/mol. The Morgan fingerprint density at radius 1 is 1.58 bits per heavy atom. The van der Waals surface area contributed by atoms with Crippen LogP contribution >= 0.6 is 0 Å². The van der Waals surface area contributed by atoms with Crippen molar-refractivity contribution >= 4 is 17.9 Å². The molecule has 0 radical (unpaired) electrons. The summed E-state index contributed by atoms with van der Waals surface area (Å²) in [6.45, 7) is 2.52. The summed E-state index contributed by atoms with van der Waals surface area (Å²) in [4.78, 5) is 33.2. The second kappa shape index (κ2) is 5.59. The second-order valence-corrected chi connectivity index (χ2v) is 3.47. The van der Waals surface area contributed by atoms with Gasteiger partial charge in [-0.25, -0.2) is 9.80 Å². The number of nitrogens with one attached hydrogen (secondary N) is 2. The smallest absolute Gasteiger partial charge is 0.445 e. The van der Waals surface area contributed by atoms with Crippen molar-refractivity contribution in [3.63, 3.8) is 0 Å². The highest BCUT2D eigenvalue weighted by Crippen LogP contribution is 2.19. The molecule has 1 unspecified atom stereocenters. The van der Waals surface area contributed by atoms with Crippen molar-refractivity contribution < 1.29 is 32.3 Å². The Morgan fingerprint density at radius 2 is 2.21 bits per heavy atom. The highest BCUT2D eigenvalue weighted by Gasteiger charge is 2.47. The number of hydrogen-bond acceptors (Lipinski definition) is 4. The zero-order chi connectivity index (χ0) is 14.6. The number of carbonyl (C=O) groups excluding carboxylic acids is 3. The molecular formula is C9H10F3N3O4. The lowest BCUT2D eigenvalue weighted by Crippen LogP contribution is -2.46. The van der Waals surface area contributed by atoms with Crippen LogP contribution in [0, 0.1) is 0 Å². The van der Waals surface area contributed by atoms with Gasteiger partial charge in [0.15, 0.2) is 0 Å². The predicted octanol–water partition coefficient (Wildman–Crippen LogP) is -0.297. The van der Waals surface area contributed by atoms with Gasteiger partial charge in [0.2, 0.25) is 0 Å². The number of rotatable bonds is 3. The van der Waals surface area contributed by atoms with Crippen LogP contribution in [-0.4, -0.2) is 48.3 Å². The van der Waals surface area contributed by atoms with Crippen LogP contribution < -0.4 is 10.7 Å². The SMILES string of the molecule is C=CCOC(=O)NC1CN(C(=O)C(F)(F)F)NC1=O. The molecule has 10 heteroatoms. The van der Waals surface area contributed by atoms with Gasteiger partial charge in [-0.05, 0) is 0 Å². The molecule has 2 N–H and O–H groups in total. The number of halogens is 3. The van der Waals surface area contributed by atoms with Crippen molar-refractivity contribution in [2.24, 2.45) is 0 Å². The molecule has 19 heavy (non-hydrogen) atoms. The molecule has 0 aromatic heterocycles. The average Bonchev–Trinajstić information content (AvgIpc) is 2.66. The highest BCUT2D eigenvalue weighted by molar-refractivity contribution is 5.92. The lowest BCUT2D eigenvalue weighted by Gasteiger charge is -2.16. The molecule has 0 bridgehead atoms. The van der Waals surface area contributed by atoms with Crippen LogP contribution in [0.15, 0.2) is 12.7 Å². The number of hydrazine groups is 1. The monoisotopic (exact) mass is 281 g/mol. The summed E-state index contributed by atoms with van der Waals surface area (Å²) in [5.74, 6) is -3.15. The van der Waals surface area contributed by atoms with Gasteiger partial charge in [0.05, 0.1) is 6.54 Å². The van der Waals surface area contributed by atoms with Crippen LogP contribution in [-0.2, 0) is 14.3 Å². The highest BCUT2D eigenvalue weighted by atomic mass is 19.4. The van der Waals surface area contributed by atoms with Crippen LogP contribution in [0.4, 0.5) is 18.0 Å². The summed E-state index contributed by atoms with van der Waals surface area (Å²) in [6, 6.07) is -1.30. The van der Waals surface area contributed by atoms with Crippen LogP contribution in [0.3, 0.4) is 0 Å². The van der Waals surface area contributed by atoms with Gasteiger partial charge in [0, 0.05) is 0 Å². The molecule has 0 spiro atoms. The number of hydrogen-bond donors (Lipinski definition) is 2. The topological polar surface area (TPSA) is 87.7 Å². The molecule has 1 aliphatic heterocycles. The van der Waals surface area contributed by atoms with Gasteiger partial charge in [0.25, 0.3) is 5.91 Å². The first kappa shape index (κ1) is 14.8. The van der Waals surface area contributed by atoms with E-state index in [1.54, 1.807) is 5.43 Å². The zero-order valence-corrected chi connectivity index (χ0v) is 9.49. The Labute approximate surface area is 105 Å². The Kier molecular flexibility index (Phi) is 4.35. The van der Waals surface area contributed by atoms with E-state index in [9.17, 15) is 27.6 Å². The van der Waals surface area contributed by atoms with Gasteiger partial charge < -0.3 is 10.1 Å². The maximum atomic E-state index is 12.1. The largest absolute Gasteiger partial charge is 0.473 e. The van der Waals surface area contributed by atoms with E-state index < -0.39 is 36.7 Å². The summed E-state index contributed by atoms with van der Waals surface area (Å²) in [5.41, 5.74) is 1.71. The normalized spacial score (nSPS) is 18.8. The standard InChI is InChI=1S/C9H10F3N3O4/c1-2-3-19-8(18)13-5-4-15(14-6(5)16)7(17)9(10,11)12/h2,5H,1,3-4H2,(H,13,18)(H,14,16). The van der Waals surface area contributed by atoms with Crippen molar-refractivity contribution in [2.45, 2.75) is 12.2 Å². The van der Waals surface area contributed by atoms with E-state index >= 15 is 0 Å². The molecular weight excluding hydrogens is 271 g/mol. The van der Waals surface area contributed by atoms with Gasteiger partial charge >= 0.3 is 18.2 Å². The van der Waals surface area contributed by atoms with Crippen molar-refractivity contribution in [2.75, 3.05) is 13.2 Å². The first-order valence-corrected chi connectivity index (χ1v) is 4.99. The number of amides is 3. The third kappa shape index (κ3) is 3.86. The lowest BCUT2D eigenvalue weighted by molar-refractivity contribution is -0.187. The Hall–Kier alpha value is -2.26. The van der Waals surface area contributed by atoms with E-state index in [2.05, 4.69) is 11.3 Å². The lowest BCUT2D eigenvalue weighted by atomic mass is 10.3. The third-order valence-corrected chi connectivity index (χ3v) is 2.04. The first-order chi connectivity index (χ1) is 8.75. The summed E-state index contributed by atoms with van der Waals surface area (Å²) in [5, 5.41) is 2.10. The Morgan fingerprint density at radius 3 is 2.74 bits per heavy atom. The van der Waals surface area contributed by atoms with Crippen molar-refractivity contribution in [1.29, 1.82) is 0 Å². The van der Waals surface area contributed by atoms with E-state index in [1.165, 1.54) is 6.08 Å². The molecule has 3 amide bonds. The van der Waals surface area contributed by atoms with E-state index in [4.69, 9.17) is 0 Å². The fourth-order valence-electron chi connectivity index (χ4n) is 1.24. The molecule has 1 heterocycles. The van der Waals surface area contributed by atoms with Crippen LogP contribution in [0.2, 0.25) is 0 Å². The Bertz CT molecular complexity index is 410. The summed E-state index contributed by atoms with van der Waals surface area (Å²) >= 11 is 0. The van der Waals surface area contributed by atoms with Gasteiger partial charge in [-0.3, -0.25) is 15.0 Å². The first-order valence-electron chi connectivity index (χ1n) is 4.99. The molecule has 1 atom stereocenters. The third-order valence-electron chi connectivity index (χ3n) is 2.04. The van der Waals surface area contributed by atoms with Gasteiger partial charge in [-0.15, -0.1) is 0 Å². The molecule has 106 valence electrons. The number of alkyl carbamates (subject to hydrolysis) is 1. The number of carbonyl (C=O) groups is 3. The maximum absolute atomic E-state index is 12.1. The van der Waals surface area contributed by atoms with Gasteiger partial charge in [-0.1, -0.05) is 12.7 Å². The van der Waals surface area contributed by atoms with Crippen molar-refractivity contribution in [3.8, 4) is 0 Å². The molecule has 7 nitrogen and oxygen atoms in total. The minimum atomic E-state index is -5.11. The number of nitrogens with zero attached hydrogens (tertiary/aromatic N) is 1. The van der Waals surface area contributed by atoms with Gasteiger partial charge in [-0.2, -0.15) is 13.2 Å². The van der Waals surface area contributed by atoms with E-state index in [0.29, 0.717) is 0 Å². The fourth-order valence-corrected chi connectivity index (χ4v) is 1.24. The number of alkyl halides is 3. The van der Waals surface area contributed by atoms with E-state index in [1.807, 2.05) is 5.32 Å². The van der Waals surface area contributed by atoms with Crippen molar-refractivity contribution in [3.05, 3.63) is 12.7 Å². The number of ether oxygens (including phenoxy) is 1. The van der Waals surface area contributed by atoms with E-state index in [0.717, 1.165) is 0 Å². The molecule has 0 aromatic rings. The second-order valence-electron chi connectivity index (χ2n) is 3.47. The molecule has 1 rings (SSSR count). The molecule has 1 aliphatic rings. The molecule has 1 fully saturated rings. The van der Waals surface area contributed by atoms with Crippen molar-refractivity contribution in [1.82, 2.24) is 15.8 Å². The molecule has 0 aromatic carbocycles. The summed E-state index contributed by atoms with van der Waals surface area (Å²) in [6.07, 6.45) is -4.83. The van der Waals surface area contributed by atoms with Crippen LogP contribution in [0.25, 0.3) is 0 Å². The van der Waals surface area contributed by atoms with Crippen LogP contribution in [0.5, 0.6) is 0 Å². The zero-order valence-electron chi connectivity index (χ0n) is 9.49. The molecule has 0 saturated carbocycles. The minimum Gasteiger partial charge on any atom is -0.445 e. The molecule has 0 aliphatic carbocycles. The summed E-state index contributed by atoms with van der Waals surface area (Å²) in [7, 11) is 0. The minimum absolute atomic E-state index is 0.0841.